The van der Waals surface area contributed by atoms with E-state index >= 15 is 0 Å². The molecule has 0 aliphatic carbocycles. The Kier molecular flexibility index (Phi) is 4.21. The van der Waals surface area contributed by atoms with Gasteiger partial charge in [-0.25, -0.2) is 22.9 Å². The van der Waals surface area contributed by atoms with E-state index in [-0.39, 0.29) is 16.4 Å². The van der Waals surface area contributed by atoms with Crippen molar-refractivity contribution in [1.82, 2.24) is 9.71 Å². The van der Waals surface area contributed by atoms with Crippen molar-refractivity contribution >= 4 is 27.3 Å². The molecule has 0 amide bonds. The molecule has 0 radical (unpaired) electrons. The molecule has 0 bridgehead atoms. The van der Waals surface area contributed by atoms with E-state index in [1.165, 1.54) is 5.51 Å². The molecule has 2 aromatic heterocycles. The van der Waals surface area contributed by atoms with Crippen LogP contribution in [0, 0.1) is 6.92 Å². The number of thiazole rings is 1. The van der Waals surface area contributed by atoms with E-state index in [9.17, 15) is 13.2 Å². The summed E-state index contributed by atoms with van der Waals surface area (Å²) in [4.78, 5) is 15.1. The summed E-state index contributed by atoms with van der Waals surface area (Å²) < 4.78 is 36.2. The average Bonchev–Trinajstić information content (AvgIpc) is 3.04. The Morgan fingerprint density at radius 1 is 1.50 bits per heavy atom. The largest absolute Gasteiger partial charge is 0.465 e. The number of nitrogens with zero attached hydrogens (tertiary/aromatic N) is 1. The molecule has 108 valence electrons. The van der Waals surface area contributed by atoms with Crippen LogP contribution in [0.4, 0.5) is 0 Å². The molecular weight excluding hydrogens is 304 g/mol. The summed E-state index contributed by atoms with van der Waals surface area (Å²) in [5, 5.41) is 0. The number of carbonyl (C=O) groups is 1. The first-order chi connectivity index (χ1) is 9.44. The quantitative estimate of drug-likeness (QED) is 0.835. The van der Waals surface area contributed by atoms with E-state index in [0.717, 1.165) is 18.4 Å². The van der Waals surface area contributed by atoms with Gasteiger partial charge in [0, 0.05) is 0 Å². The van der Waals surface area contributed by atoms with Gasteiger partial charge in [0.2, 0.25) is 0 Å². The number of nitrogens with one attached hydrogen (secondary N) is 1. The first-order valence-electron chi connectivity index (χ1n) is 5.51. The van der Waals surface area contributed by atoms with Crippen LogP contribution in [-0.4, -0.2) is 26.5 Å². The molecule has 0 atom stereocenters. The number of carbonyl (C=O) groups excluding carboxylic acids is 1. The Bertz CT molecular complexity index is 717. The number of aromatic nitrogens is 1. The van der Waals surface area contributed by atoms with Crippen molar-refractivity contribution in [2.45, 2.75) is 17.7 Å². The fraction of sp³-hybridized carbons (Fsp3) is 0.273. The molecule has 0 spiro atoms. The molecule has 0 aliphatic heterocycles. The van der Waals surface area contributed by atoms with Crippen molar-refractivity contribution in [2.75, 3.05) is 7.11 Å². The van der Waals surface area contributed by atoms with Gasteiger partial charge in [-0.3, -0.25) is 0 Å². The standard InChI is InChI=1S/C11H12N2O5S2/c1-7-3-4-8(18-7)5-13-20(15,16)11-9(10(14)17-2)12-6-19-11/h3-4,6,13H,5H2,1-2H3. The van der Waals surface area contributed by atoms with Crippen LogP contribution in [-0.2, 0) is 21.3 Å². The summed E-state index contributed by atoms with van der Waals surface area (Å²) >= 11 is 0.848. The van der Waals surface area contributed by atoms with Crippen LogP contribution in [0.25, 0.3) is 0 Å². The van der Waals surface area contributed by atoms with Gasteiger partial charge in [-0.2, -0.15) is 0 Å². The molecule has 0 aliphatic rings. The highest BCUT2D eigenvalue weighted by molar-refractivity contribution is 7.91. The zero-order valence-corrected chi connectivity index (χ0v) is 12.4. The number of ether oxygens (including phenoxy) is 1. The van der Waals surface area contributed by atoms with E-state index in [1.807, 2.05) is 0 Å². The third-order valence-corrected chi connectivity index (χ3v) is 5.16. The van der Waals surface area contributed by atoms with E-state index in [2.05, 4.69) is 14.4 Å². The zero-order chi connectivity index (χ0) is 14.8. The highest BCUT2D eigenvalue weighted by Crippen LogP contribution is 2.21. The van der Waals surface area contributed by atoms with E-state index < -0.39 is 16.0 Å². The summed E-state index contributed by atoms with van der Waals surface area (Å²) in [7, 11) is -2.68. The molecule has 0 fully saturated rings. The molecule has 7 nitrogen and oxygen atoms in total. The molecule has 2 aromatic rings. The number of aryl methyl sites for hydroxylation is 1. The lowest BCUT2D eigenvalue weighted by Crippen LogP contribution is -2.24. The predicted octanol–water partition coefficient (Wildman–Crippen LogP) is 1.31. The second-order valence-electron chi connectivity index (χ2n) is 3.82. The molecule has 9 heteroatoms. The fourth-order valence-electron chi connectivity index (χ4n) is 1.47. The highest BCUT2D eigenvalue weighted by Gasteiger charge is 2.26. The summed E-state index contributed by atoms with van der Waals surface area (Å²) in [6.07, 6.45) is 0. The third kappa shape index (κ3) is 3.06. The number of sulfonamides is 1. The monoisotopic (exact) mass is 316 g/mol. The van der Waals surface area contributed by atoms with Crippen molar-refractivity contribution in [2.24, 2.45) is 0 Å². The number of hydrogen-bond acceptors (Lipinski definition) is 7. The second kappa shape index (κ2) is 5.73. The van der Waals surface area contributed by atoms with E-state index in [1.54, 1.807) is 19.1 Å². The number of esters is 1. The number of hydrogen-bond donors (Lipinski definition) is 1. The van der Waals surface area contributed by atoms with Gasteiger partial charge in [-0.05, 0) is 19.1 Å². The van der Waals surface area contributed by atoms with Crippen molar-refractivity contribution in [3.63, 3.8) is 0 Å². The normalized spacial score (nSPS) is 11.5. The van der Waals surface area contributed by atoms with Crippen LogP contribution in [0.2, 0.25) is 0 Å². The molecule has 0 saturated heterocycles. The number of furan rings is 1. The minimum Gasteiger partial charge on any atom is -0.465 e. The minimum atomic E-state index is -3.85. The fourth-order valence-corrected chi connectivity index (χ4v) is 3.64. The van der Waals surface area contributed by atoms with Crippen molar-refractivity contribution < 1.29 is 22.4 Å². The van der Waals surface area contributed by atoms with Gasteiger partial charge in [-0.15, -0.1) is 11.3 Å². The van der Waals surface area contributed by atoms with Crippen molar-refractivity contribution in [3.05, 3.63) is 34.9 Å². The van der Waals surface area contributed by atoms with Crippen molar-refractivity contribution in [3.8, 4) is 0 Å². The van der Waals surface area contributed by atoms with Gasteiger partial charge in [0.05, 0.1) is 19.2 Å². The molecule has 1 N–H and O–H groups in total. The highest BCUT2D eigenvalue weighted by atomic mass is 32.2. The van der Waals surface area contributed by atoms with Crippen LogP contribution in [0.15, 0.2) is 26.3 Å². The predicted molar refractivity (Wildman–Crippen MR) is 70.9 cm³/mol. The van der Waals surface area contributed by atoms with Crippen LogP contribution >= 0.6 is 11.3 Å². The first-order valence-corrected chi connectivity index (χ1v) is 7.87. The summed E-state index contributed by atoms with van der Waals surface area (Å²) in [5.74, 6) is 0.378. The van der Waals surface area contributed by atoms with Gasteiger partial charge in [0.1, 0.15) is 11.5 Å². The number of rotatable bonds is 5. The maximum absolute atomic E-state index is 12.1. The Labute approximate surface area is 119 Å². The zero-order valence-electron chi connectivity index (χ0n) is 10.7. The molecule has 2 rings (SSSR count). The van der Waals surface area contributed by atoms with Gasteiger partial charge in [0.15, 0.2) is 9.90 Å². The van der Waals surface area contributed by atoms with Gasteiger partial charge >= 0.3 is 5.97 Å². The van der Waals surface area contributed by atoms with E-state index in [0.29, 0.717) is 11.5 Å². The van der Waals surface area contributed by atoms with Gasteiger partial charge in [0.25, 0.3) is 10.0 Å². The second-order valence-corrected chi connectivity index (χ2v) is 6.63. The minimum absolute atomic E-state index is 0.00527. The molecule has 0 unspecified atom stereocenters. The average molecular weight is 316 g/mol. The number of methoxy groups -OCH3 is 1. The van der Waals surface area contributed by atoms with Crippen LogP contribution in [0.5, 0.6) is 0 Å². The Morgan fingerprint density at radius 2 is 2.25 bits per heavy atom. The molecule has 2 heterocycles. The lowest BCUT2D eigenvalue weighted by Gasteiger charge is -2.04. The summed E-state index contributed by atoms with van der Waals surface area (Å²) in [5.41, 5.74) is 1.05. The first kappa shape index (κ1) is 14.7. The van der Waals surface area contributed by atoms with Crippen LogP contribution < -0.4 is 4.72 Å². The van der Waals surface area contributed by atoms with Crippen LogP contribution in [0.3, 0.4) is 0 Å². The smallest absolute Gasteiger partial charge is 0.358 e. The SMILES string of the molecule is COC(=O)c1ncsc1S(=O)(=O)NCc1ccc(C)o1. The molecular formula is C11H12N2O5S2. The van der Waals surface area contributed by atoms with Crippen molar-refractivity contribution in [1.29, 1.82) is 0 Å². The maximum atomic E-state index is 12.1. The summed E-state index contributed by atoms with van der Waals surface area (Å²) in [6.45, 7) is 1.76. The molecule has 0 saturated carbocycles. The Hall–Kier alpha value is -1.71. The molecule has 20 heavy (non-hydrogen) atoms. The third-order valence-electron chi connectivity index (χ3n) is 2.39. The summed E-state index contributed by atoms with van der Waals surface area (Å²) in [6, 6.07) is 3.40. The maximum Gasteiger partial charge on any atom is 0.358 e. The topological polar surface area (TPSA) is 98.5 Å². The Morgan fingerprint density at radius 3 is 2.85 bits per heavy atom. The lowest BCUT2D eigenvalue weighted by molar-refractivity contribution is 0.0590. The van der Waals surface area contributed by atoms with Gasteiger partial charge < -0.3 is 9.15 Å². The Balaban J connectivity index is 2.18. The molecule has 0 aromatic carbocycles. The van der Waals surface area contributed by atoms with E-state index in [4.69, 9.17) is 4.42 Å². The lowest BCUT2D eigenvalue weighted by atomic mass is 10.4. The van der Waals surface area contributed by atoms with Gasteiger partial charge in [-0.1, -0.05) is 0 Å². The van der Waals surface area contributed by atoms with Crippen LogP contribution in [0.1, 0.15) is 22.0 Å².